The highest BCUT2D eigenvalue weighted by Gasteiger charge is 2.29. The van der Waals surface area contributed by atoms with E-state index in [9.17, 15) is 4.79 Å². The molecule has 18 heavy (non-hydrogen) atoms. The molecular weight excluding hydrogens is 296 g/mol. The largest absolute Gasteiger partial charge is 0.330 e. The molecule has 1 atom stereocenters. The number of benzene rings is 1. The van der Waals surface area contributed by atoms with Crippen LogP contribution in [-0.2, 0) is 4.79 Å². The van der Waals surface area contributed by atoms with E-state index in [-0.39, 0.29) is 11.8 Å². The van der Waals surface area contributed by atoms with Crippen LogP contribution in [0.15, 0.2) is 22.8 Å². The molecule has 3 rings (SSSR count). The number of fused-ring (bicyclic) bond motifs is 1. The topological polar surface area (TPSA) is 75.0 Å². The third-order valence-electron chi connectivity index (χ3n) is 3.34. The van der Waals surface area contributed by atoms with Crippen molar-refractivity contribution in [2.45, 2.75) is 6.42 Å². The number of hydrogen-bond donors (Lipinski definition) is 2. The van der Waals surface area contributed by atoms with Gasteiger partial charge in [-0.1, -0.05) is 0 Å². The van der Waals surface area contributed by atoms with Gasteiger partial charge in [-0.15, -0.1) is 0 Å². The number of H-pyrrole nitrogens is 1. The average Bonchev–Trinajstić information content (AvgIpc) is 2.93. The molecule has 6 heteroatoms. The first-order valence-electron chi connectivity index (χ1n) is 5.83. The van der Waals surface area contributed by atoms with Gasteiger partial charge in [-0.3, -0.25) is 9.89 Å². The Labute approximate surface area is 112 Å². The van der Waals surface area contributed by atoms with Crippen LogP contribution in [0.2, 0.25) is 0 Å². The summed E-state index contributed by atoms with van der Waals surface area (Å²) in [6, 6.07) is 5.83. The number of nitrogens with two attached hydrogens (primary N) is 1. The Kier molecular flexibility index (Phi) is 2.83. The van der Waals surface area contributed by atoms with Crippen LogP contribution in [0, 0.1) is 5.92 Å². The molecule has 1 amide bonds. The Morgan fingerprint density at radius 3 is 3.11 bits per heavy atom. The van der Waals surface area contributed by atoms with E-state index in [1.807, 2.05) is 18.2 Å². The van der Waals surface area contributed by atoms with Crippen molar-refractivity contribution in [1.29, 1.82) is 0 Å². The van der Waals surface area contributed by atoms with E-state index in [4.69, 9.17) is 5.73 Å². The van der Waals surface area contributed by atoms with Gasteiger partial charge < -0.3 is 10.6 Å². The number of rotatable bonds is 2. The molecule has 0 aliphatic carbocycles. The first-order chi connectivity index (χ1) is 8.69. The number of carbonyl (C=O) groups is 1. The molecule has 0 saturated carbocycles. The van der Waals surface area contributed by atoms with Crippen LogP contribution in [0.5, 0.6) is 0 Å². The smallest absolute Gasteiger partial charge is 0.227 e. The Hall–Kier alpha value is -1.40. The van der Waals surface area contributed by atoms with Crippen molar-refractivity contribution >= 4 is 38.4 Å². The molecule has 1 fully saturated rings. The third kappa shape index (κ3) is 1.81. The first-order valence-corrected chi connectivity index (χ1v) is 6.62. The summed E-state index contributed by atoms with van der Waals surface area (Å²) >= 11 is 3.39. The lowest BCUT2D eigenvalue weighted by Gasteiger charge is -2.16. The zero-order valence-corrected chi connectivity index (χ0v) is 11.3. The van der Waals surface area contributed by atoms with Crippen molar-refractivity contribution in [3.05, 3.63) is 22.8 Å². The maximum Gasteiger partial charge on any atom is 0.227 e. The number of anilines is 1. The molecule has 3 N–H and O–H groups in total. The van der Waals surface area contributed by atoms with Crippen LogP contribution < -0.4 is 10.6 Å². The molecule has 1 saturated heterocycles. The van der Waals surface area contributed by atoms with Crippen LogP contribution in [0.3, 0.4) is 0 Å². The SMILES string of the molecule is NCC1CC(=O)N(c2ccc3c(Br)[nH]nc3c2)C1. The Morgan fingerprint density at radius 1 is 1.56 bits per heavy atom. The Morgan fingerprint density at radius 2 is 2.39 bits per heavy atom. The van der Waals surface area contributed by atoms with Gasteiger partial charge in [-0.25, -0.2) is 0 Å². The van der Waals surface area contributed by atoms with Crippen LogP contribution in [0.4, 0.5) is 5.69 Å². The Bertz CT molecular complexity index is 609. The van der Waals surface area contributed by atoms with Gasteiger partial charge in [0.2, 0.25) is 5.91 Å². The lowest BCUT2D eigenvalue weighted by molar-refractivity contribution is -0.117. The van der Waals surface area contributed by atoms with Gasteiger partial charge in [0.05, 0.1) is 5.52 Å². The molecule has 0 bridgehead atoms. The van der Waals surface area contributed by atoms with Gasteiger partial charge in [0.1, 0.15) is 4.60 Å². The minimum atomic E-state index is 0.138. The minimum absolute atomic E-state index is 0.138. The van der Waals surface area contributed by atoms with Crippen molar-refractivity contribution in [2.75, 3.05) is 18.0 Å². The lowest BCUT2D eigenvalue weighted by atomic mass is 10.1. The van der Waals surface area contributed by atoms with Gasteiger partial charge >= 0.3 is 0 Å². The van der Waals surface area contributed by atoms with Crippen molar-refractivity contribution in [1.82, 2.24) is 10.2 Å². The highest BCUT2D eigenvalue weighted by atomic mass is 79.9. The summed E-state index contributed by atoms with van der Waals surface area (Å²) < 4.78 is 0.858. The van der Waals surface area contributed by atoms with E-state index in [2.05, 4.69) is 26.1 Å². The molecule has 1 aromatic heterocycles. The second-order valence-electron chi connectivity index (χ2n) is 4.55. The fourth-order valence-corrected chi connectivity index (χ4v) is 2.75. The fourth-order valence-electron chi connectivity index (χ4n) is 2.32. The number of carbonyl (C=O) groups excluding carboxylic acids is 1. The second kappa shape index (κ2) is 4.37. The van der Waals surface area contributed by atoms with Gasteiger partial charge in [0.15, 0.2) is 0 Å². The van der Waals surface area contributed by atoms with Crippen molar-refractivity contribution in [3.8, 4) is 0 Å². The number of nitrogens with one attached hydrogen (secondary N) is 1. The minimum Gasteiger partial charge on any atom is -0.330 e. The standard InChI is InChI=1S/C12H13BrN4O/c13-12-9-2-1-8(4-10(9)15-16-12)17-6-7(5-14)3-11(17)18/h1-2,4,7H,3,5-6,14H2,(H,15,16). The molecule has 1 unspecified atom stereocenters. The van der Waals surface area contributed by atoms with Crippen LogP contribution >= 0.6 is 15.9 Å². The summed E-state index contributed by atoms with van der Waals surface area (Å²) in [5.74, 6) is 0.401. The van der Waals surface area contributed by atoms with Gasteiger partial charge in [-0.2, -0.15) is 5.10 Å². The van der Waals surface area contributed by atoms with Gasteiger partial charge in [0, 0.05) is 24.0 Å². The Balaban J connectivity index is 1.97. The van der Waals surface area contributed by atoms with E-state index >= 15 is 0 Å². The molecule has 2 heterocycles. The van der Waals surface area contributed by atoms with E-state index < -0.39 is 0 Å². The molecule has 1 aliphatic heterocycles. The number of aromatic nitrogens is 2. The zero-order chi connectivity index (χ0) is 12.7. The number of amides is 1. The molecule has 0 spiro atoms. The molecule has 0 radical (unpaired) electrons. The van der Waals surface area contributed by atoms with Crippen molar-refractivity contribution in [3.63, 3.8) is 0 Å². The average molecular weight is 309 g/mol. The number of nitrogens with zero attached hydrogens (tertiary/aromatic N) is 2. The summed E-state index contributed by atoms with van der Waals surface area (Å²) in [5, 5.41) is 8.06. The predicted octanol–water partition coefficient (Wildman–Crippen LogP) is 1.64. The maximum atomic E-state index is 11.9. The molecule has 1 aliphatic rings. The number of aromatic amines is 1. The zero-order valence-electron chi connectivity index (χ0n) is 9.69. The number of halogens is 1. The summed E-state index contributed by atoms with van der Waals surface area (Å²) in [5.41, 5.74) is 7.37. The van der Waals surface area contributed by atoms with E-state index in [0.29, 0.717) is 19.5 Å². The van der Waals surface area contributed by atoms with Crippen LogP contribution in [0.25, 0.3) is 10.9 Å². The van der Waals surface area contributed by atoms with E-state index in [1.165, 1.54) is 0 Å². The van der Waals surface area contributed by atoms with Crippen molar-refractivity contribution in [2.24, 2.45) is 11.7 Å². The molecule has 2 aromatic rings. The molecule has 94 valence electrons. The molecular formula is C12H13BrN4O. The lowest BCUT2D eigenvalue weighted by Crippen LogP contribution is -2.25. The quantitative estimate of drug-likeness (QED) is 0.885. The first kappa shape index (κ1) is 11.7. The molecule has 1 aromatic carbocycles. The van der Waals surface area contributed by atoms with Gasteiger partial charge in [0.25, 0.3) is 0 Å². The second-order valence-corrected chi connectivity index (χ2v) is 5.34. The third-order valence-corrected chi connectivity index (χ3v) is 3.95. The summed E-state index contributed by atoms with van der Waals surface area (Å²) in [6.45, 7) is 1.25. The highest BCUT2D eigenvalue weighted by Crippen LogP contribution is 2.29. The summed E-state index contributed by atoms with van der Waals surface area (Å²) in [4.78, 5) is 13.7. The van der Waals surface area contributed by atoms with Crippen LogP contribution in [-0.4, -0.2) is 29.2 Å². The van der Waals surface area contributed by atoms with Gasteiger partial charge in [-0.05, 0) is 46.6 Å². The predicted molar refractivity (Wildman–Crippen MR) is 73.3 cm³/mol. The normalized spacial score (nSPS) is 20.0. The fraction of sp³-hybridized carbons (Fsp3) is 0.333. The van der Waals surface area contributed by atoms with E-state index in [1.54, 1.807) is 4.90 Å². The highest BCUT2D eigenvalue weighted by molar-refractivity contribution is 9.10. The van der Waals surface area contributed by atoms with Crippen LogP contribution in [0.1, 0.15) is 6.42 Å². The molecule has 5 nitrogen and oxygen atoms in total. The number of hydrogen-bond acceptors (Lipinski definition) is 3. The summed E-state index contributed by atoms with van der Waals surface area (Å²) in [6.07, 6.45) is 0.540. The van der Waals surface area contributed by atoms with E-state index in [0.717, 1.165) is 21.2 Å². The summed E-state index contributed by atoms with van der Waals surface area (Å²) in [7, 11) is 0. The monoisotopic (exact) mass is 308 g/mol. The maximum absolute atomic E-state index is 11.9. The van der Waals surface area contributed by atoms with Crippen molar-refractivity contribution < 1.29 is 4.79 Å².